The smallest absolute Gasteiger partial charge is 0.305 e. The van der Waals surface area contributed by atoms with Crippen LogP contribution in [0.5, 0.6) is 0 Å². The zero-order chi connectivity index (χ0) is 19.3. The number of ether oxygens (including phenoxy) is 1. The molecule has 0 spiro atoms. The van der Waals surface area contributed by atoms with Gasteiger partial charge >= 0.3 is 5.97 Å². The molecule has 2 rings (SSSR count). The quantitative estimate of drug-likeness (QED) is 0.690. The highest BCUT2D eigenvalue weighted by atomic mass is 35.5. The summed E-state index contributed by atoms with van der Waals surface area (Å²) in [7, 11) is 3.08. The molecule has 0 unspecified atom stereocenters. The highest BCUT2D eigenvalue weighted by molar-refractivity contribution is 6.30. The molecule has 0 radical (unpaired) electrons. The number of carbonyl (C=O) groups is 2. The predicted octanol–water partition coefficient (Wildman–Crippen LogP) is 3.67. The number of aromatic nitrogens is 2. The normalized spacial score (nSPS) is 10.8. The van der Waals surface area contributed by atoms with E-state index in [0.717, 1.165) is 11.4 Å². The van der Waals surface area contributed by atoms with Crippen LogP contribution in [0.4, 0.5) is 0 Å². The van der Waals surface area contributed by atoms with E-state index in [4.69, 9.17) is 11.6 Å². The number of halogens is 1. The van der Waals surface area contributed by atoms with E-state index >= 15 is 0 Å². The lowest BCUT2D eigenvalue weighted by Crippen LogP contribution is -2.29. The molecule has 0 N–H and O–H groups in total. The molecular weight excluding hydrogens is 354 g/mol. The number of benzene rings is 1. The minimum absolute atomic E-state index is 0.0962. The van der Waals surface area contributed by atoms with Gasteiger partial charge < -0.3 is 9.64 Å². The van der Waals surface area contributed by atoms with Crippen molar-refractivity contribution in [1.82, 2.24) is 14.7 Å². The number of hydrogen-bond donors (Lipinski definition) is 0. The molecule has 0 saturated heterocycles. The Morgan fingerprint density at radius 2 is 2.08 bits per heavy atom. The fraction of sp³-hybridized carbons (Fsp3) is 0.421. The lowest BCUT2D eigenvalue weighted by atomic mass is 10.0. The number of methoxy groups -OCH3 is 1. The third-order valence-corrected chi connectivity index (χ3v) is 4.32. The summed E-state index contributed by atoms with van der Waals surface area (Å²) >= 11 is 6.09. The van der Waals surface area contributed by atoms with Gasteiger partial charge in [-0.15, -0.1) is 0 Å². The van der Waals surface area contributed by atoms with Crippen LogP contribution in [0.25, 0.3) is 5.69 Å². The number of rotatable bonds is 7. The SMILES string of the molecule is COC(=O)CCCN(C)C(=O)c1cnn(-c2cccc(Cl)c2)c1C(C)C. The highest BCUT2D eigenvalue weighted by Crippen LogP contribution is 2.25. The van der Waals surface area contributed by atoms with Crippen molar-refractivity contribution in [3.63, 3.8) is 0 Å². The summed E-state index contributed by atoms with van der Waals surface area (Å²) in [5, 5.41) is 5.02. The average molecular weight is 378 g/mol. The van der Waals surface area contributed by atoms with Crippen molar-refractivity contribution in [3.8, 4) is 5.69 Å². The molecule has 1 aromatic heterocycles. The molecular formula is C19H24ClN3O3. The molecule has 0 atom stereocenters. The summed E-state index contributed by atoms with van der Waals surface area (Å²) in [4.78, 5) is 25.7. The molecule has 6 nitrogen and oxygen atoms in total. The van der Waals surface area contributed by atoms with Crippen molar-refractivity contribution in [2.24, 2.45) is 0 Å². The first-order valence-corrected chi connectivity index (χ1v) is 8.89. The van der Waals surface area contributed by atoms with Gasteiger partial charge in [0.05, 0.1) is 30.3 Å². The van der Waals surface area contributed by atoms with E-state index in [0.29, 0.717) is 23.6 Å². The van der Waals surface area contributed by atoms with Crippen LogP contribution in [-0.2, 0) is 9.53 Å². The van der Waals surface area contributed by atoms with E-state index in [1.807, 2.05) is 32.0 Å². The Kier molecular flexibility index (Phi) is 6.80. The first kappa shape index (κ1) is 20.0. The zero-order valence-electron chi connectivity index (χ0n) is 15.5. The van der Waals surface area contributed by atoms with Gasteiger partial charge in [0, 0.05) is 25.0 Å². The number of esters is 1. The first-order chi connectivity index (χ1) is 12.3. The lowest BCUT2D eigenvalue weighted by Gasteiger charge is -2.18. The lowest BCUT2D eigenvalue weighted by molar-refractivity contribution is -0.140. The molecule has 1 aromatic carbocycles. The molecule has 26 heavy (non-hydrogen) atoms. The molecule has 1 amide bonds. The van der Waals surface area contributed by atoms with Crippen molar-refractivity contribution in [3.05, 3.63) is 46.7 Å². The summed E-state index contributed by atoms with van der Waals surface area (Å²) in [6.45, 7) is 4.51. The largest absolute Gasteiger partial charge is 0.469 e. The maximum Gasteiger partial charge on any atom is 0.305 e. The van der Waals surface area contributed by atoms with Crippen molar-refractivity contribution >= 4 is 23.5 Å². The third kappa shape index (κ3) is 4.64. The van der Waals surface area contributed by atoms with E-state index in [2.05, 4.69) is 9.84 Å². The number of amides is 1. The van der Waals surface area contributed by atoms with E-state index in [1.165, 1.54) is 7.11 Å². The summed E-state index contributed by atoms with van der Waals surface area (Å²) < 4.78 is 6.38. The minimum atomic E-state index is -0.275. The molecule has 0 aliphatic rings. The van der Waals surface area contributed by atoms with Crippen molar-refractivity contribution in [1.29, 1.82) is 0 Å². The van der Waals surface area contributed by atoms with E-state index in [-0.39, 0.29) is 24.2 Å². The summed E-state index contributed by atoms with van der Waals surface area (Å²) in [5.41, 5.74) is 2.20. The van der Waals surface area contributed by atoms with E-state index in [9.17, 15) is 9.59 Å². The van der Waals surface area contributed by atoms with Crippen LogP contribution in [0, 0.1) is 0 Å². The van der Waals surface area contributed by atoms with Gasteiger partial charge in [-0.25, -0.2) is 4.68 Å². The van der Waals surface area contributed by atoms with Gasteiger partial charge in [0.25, 0.3) is 5.91 Å². The molecule has 0 bridgehead atoms. The Morgan fingerprint density at radius 1 is 1.35 bits per heavy atom. The van der Waals surface area contributed by atoms with Crippen LogP contribution in [0.1, 0.15) is 48.7 Å². The minimum Gasteiger partial charge on any atom is -0.469 e. The Bertz CT molecular complexity index is 786. The van der Waals surface area contributed by atoms with Gasteiger partial charge in [0.15, 0.2) is 0 Å². The van der Waals surface area contributed by atoms with Crippen molar-refractivity contribution < 1.29 is 14.3 Å². The third-order valence-electron chi connectivity index (χ3n) is 4.09. The van der Waals surface area contributed by atoms with Gasteiger partial charge in [0.1, 0.15) is 0 Å². The first-order valence-electron chi connectivity index (χ1n) is 8.51. The number of nitrogens with zero attached hydrogens (tertiary/aromatic N) is 3. The van der Waals surface area contributed by atoms with Gasteiger partial charge in [-0.1, -0.05) is 31.5 Å². The zero-order valence-corrected chi connectivity index (χ0v) is 16.3. The van der Waals surface area contributed by atoms with Gasteiger partial charge in [-0.05, 0) is 30.5 Å². The molecule has 1 heterocycles. The Morgan fingerprint density at radius 3 is 2.69 bits per heavy atom. The maximum atomic E-state index is 12.9. The monoisotopic (exact) mass is 377 g/mol. The van der Waals surface area contributed by atoms with Crippen molar-refractivity contribution in [2.45, 2.75) is 32.6 Å². The summed E-state index contributed by atoms with van der Waals surface area (Å²) in [6.07, 6.45) is 2.43. The standard InChI is InChI=1S/C19H24ClN3O3/c1-13(2)18-16(19(25)22(3)10-6-9-17(24)26-4)12-21-23(18)15-8-5-7-14(20)11-15/h5,7-8,11-13H,6,9-10H2,1-4H3. The van der Waals surface area contributed by atoms with Crippen LogP contribution in [0.15, 0.2) is 30.5 Å². The van der Waals surface area contributed by atoms with Gasteiger partial charge in [-0.3, -0.25) is 9.59 Å². The summed E-state index contributed by atoms with van der Waals surface area (Å²) in [5.74, 6) is -0.298. The Labute approximate surface area is 158 Å². The second-order valence-corrected chi connectivity index (χ2v) is 6.83. The second kappa shape index (κ2) is 8.85. The molecule has 0 saturated carbocycles. The average Bonchev–Trinajstić information content (AvgIpc) is 3.06. The molecule has 7 heteroatoms. The van der Waals surface area contributed by atoms with Crippen LogP contribution in [0.2, 0.25) is 5.02 Å². The van der Waals surface area contributed by atoms with Crippen LogP contribution >= 0.6 is 11.6 Å². The van der Waals surface area contributed by atoms with Crippen molar-refractivity contribution in [2.75, 3.05) is 20.7 Å². The maximum absolute atomic E-state index is 12.9. The molecule has 0 aliphatic carbocycles. The molecule has 0 aliphatic heterocycles. The fourth-order valence-corrected chi connectivity index (χ4v) is 2.95. The van der Waals surface area contributed by atoms with Gasteiger partial charge in [0.2, 0.25) is 0 Å². The fourth-order valence-electron chi connectivity index (χ4n) is 2.76. The number of hydrogen-bond acceptors (Lipinski definition) is 4. The topological polar surface area (TPSA) is 64.4 Å². The molecule has 2 aromatic rings. The Balaban J connectivity index is 2.23. The predicted molar refractivity (Wildman–Crippen MR) is 101 cm³/mol. The molecule has 140 valence electrons. The second-order valence-electron chi connectivity index (χ2n) is 6.40. The Hall–Kier alpha value is -2.34. The van der Waals surface area contributed by atoms with Gasteiger partial charge in [-0.2, -0.15) is 5.10 Å². The highest BCUT2D eigenvalue weighted by Gasteiger charge is 2.23. The molecule has 0 fully saturated rings. The van der Waals surface area contributed by atoms with Crippen LogP contribution < -0.4 is 0 Å². The van der Waals surface area contributed by atoms with Crippen LogP contribution in [0.3, 0.4) is 0 Å². The summed E-state index contributed by atoms with van der Waals surface area (Å²) in [6, 6.07) is 7.36. The number of carbonyl (C=O) groups excluding carboxylic acids is 2. The van der Waals surface area contributed by atoms with E-state index < -0.39 is 0 Å². The van der Waals surface area contributed by atoms with E-state index in [1.54, 1.807) is 28.9 Å². The van der Waals surface area contributed by atoms with Crippen LogP contribution in [-0.4, -0.2) is 47.3 Å².